The fourth-order valence-electron chi connectivity index (χ4n) is 1.76. The molecule has 1 fully saturated rings. The number of carbonyl (C=O) groups excluding carboxylic acids is 1. The number of ketones is 1. The predicted molar refractivity (Wildman–Crippen MR) is 61.2 cm³/mol. The predicted octanol–water partition coefficient (Wildman–Crippen LogP) is 2.67. The molecule has 0 radical (unpaired) electrons. The summed E-state index contributed by atoms with van der Waals surface area (Å²) in [5.74, 6) is 0.749. The average molecular weight is 224 g/mol. The van der Waals surface area contributed by atoms with Gasteiger partial charge < -0.3 is 4.74 Å². The van der Waals surface area contributed by atoms with Gasteiger partial charge in [0.05, 0.1) is 0 Å². The van der Waals surface area contributed by atoms with Crippen LogP contribution in [0.15, 0.2) is 17.5 Å². The summed E-state index contributed by atoms with van der Waals surface area (Å²) in [5.41, 5.74) is 0. The van der Waals surface area contributed by atoms with Crippen LogP contribution in [0.4, 0.5) is 0 Å². The van der Waals surface area contributed by atoms with Gasteiger partial charge in [-0.2, -0.15) is 0 Å². The molecule has 3 heteroatoms. The molecule has 0 bridgehead atoms. The number of rotatable bonds is 6. The van der Waals surface area contributed by atoms with Crippen molar-refractivity contribution in [1.82, 2.24) is 0 Å². The van der Waals surface area contributed by atoms with Crippen molar-refractivity contribution in [3.63, 3.8) is 0 Å². The molecule has 0 aromatic carbocycles. The average Bonchev–Trinajstić information content (AvgIpc) is 2.93. The van der Waals surface area contributed by atoms with Crippen LogP contribution in [0.3, 0.4) is 0 Å². The summed E-state index contributed by atoms with van der Waals surface area (Å²) in [4.78, 5) is 13.1. The SMILES string of the molecule is CCOC(C(=O)Cc1cccs1)C1CC1. The summed E-state index contributed by atoms with van der Waals surface area (Å²) >= 11 is 1.64. The van der Waals surface area contributed by atoms with Crippen LogP contribution in [0.2, 0.25) is 0 Å². The van der Waals surface area contributed by atoms with E-state index in [-0.39, 0.29) is 11.9 Å². The maximum absolute atomic E-state index is 12.0. The number of hydrogen-bond acceptors (Lipinski definition) is 3. The highest BCUT2D eigenvalue weighted by Gasteiger charge is 2.36. The van der Waals surface area contributed by atoms with Gasteiger partial charge in [-0.25, -0.2) is 0 Å². The van der Waals surface area contributed by atoms with Gasteiger partial charge in [0, 0.05) is 17.9 Å². The Morgan fingerprint density at radius 1 is 1.67 bits per heavy atom. The van der Waals surface area contributed by atoms with E-state index in [0.717, 1.165) is 17.7 Å². The van der Waals surface area contributed by atoms with Crippen LogP contribution in [0, 0.1) is 5.92 Å². The molecule has 82 valence electrons. The number of carbonyl (C=O) groups is 1. The highest BCUT2D eigenvalue weighted by molar-refractivity contribution is 7.10. The minimum atomic E-state index is -0.142. The smallest absolute Gasteiger partial charge is 0.167 e. The summed E-state index contributed by atoms with van der Waals surface area (Å²) in [7, 11) is 0. The van der Waals surface area contributed by atoms with Crippen molar-refractivity contribution in [2.75, 3.05) is 6.61 Å². The van der Waals surface area contributed by atoms with Crippen LogP contribution >= 0.6 is 11.3 Å². The van der Waals surface area contributed by atoms with E-state index in [2.05, 4.69) is 0 Å². The van der Waals surface area contributed by atoms with E-state index in [1.54, 1.807) is 11.3 Å². The fourth-order valence-corrected chi connectivity index (χ4v) is 2.47. The molecule has 1 unspecified atom stereocenters. The third-order valence-corrected chi connectivity index (χ3v) is 3.52. The van der Waals surface area contributed by atoms with Crippen LogP contribution < -0.4 is 0 Å². The highest BCUT2D eigenvalue weighted by Crippen LogP contribution is 2.35. The summed E-state index contributed by atoms with van der Waals surface area (Å²) < 4.78 is 5.53. The molecular weight excluding hydrogens is 208 g/mol. The Balaban J connectivity index is 1.92. The van der Waals surface area contributed by atoms with Crippen LogP contribution in [0.5, 0.6) is 0 Å². The van der Waals surface area contributed by atoms with E-state index in [1.165, 1.54) is 0 Å². The number of Topliss-reactive ketones (excluding diaryl/α,β-unsaturated/α-hetero) is 1. The molecule has 1 aromatic rings. The summed E-state index contributed by atoms with van der Waals surface area (Å²) in [6, 6.07) is 4.00. The molecule has 1 atom stereocenters. The van der Waals surface area contributed by atoms with Crippen molar-refractivity contribution >= 4 is 17.1 Å². The standard InChI is InChI=1S/C12H16O2S/c1-2-14-12(9-5-6-9)11(13)8-10-4-3-7-15-10/h3-4,7,9,12H,2,5-6,8H2,1H3. The van der Waals surface area contributed by atoms with Gasteiger partial charge in [0.25, 0.3) is 0 Å². The lowest BCUT2D eigenvalue weighted by Crippen LogP contribution is -2.27. The molecule has 0 saturated heterocycles. The van der Waals surface area contributed by atoms with Gasteiger partial charge in [-0.3, -0.25) is 4.79 Å². The first-order valence-electron chi connectivity index (χ1n) is 5.48. The molecule has 1 aliphatic rings. The van der Waals surface area contributed by atoms with E-state index >= 15 is 0 Å². The number of hydrogen-bond donors (Lipinski definition) is 0. The fraction of sp³-hybridized carbons (Fsp3) is 0.583. The summed E-state index contributed by atoms with van der Waals surface area (Å²) in [6.07, 6.45) is 2.71. The van der Waals surface area contributed by atoms with Gasteiger partial charge in [-0.15, -0.1) is 11.3 Å². The second kappa shape index (κ2) is 4.90. The van der Waals surface area contributed by atoms with Crippen LogP contribution in [-0.2, 0) is 16.0 Å². The van der Waals surface area contributed by atoms with Crippen LogP contribution in [-0.4, -0.2) is 18.5 Å². The minimum Gasteiger partial charge on any atom is -0.370 e. The summed E-state index contributed by atoms with van der Waals surface area (Å²) in [6.45, 7) is 2.59. The lowest BCUT2D eigenvalue weighted by Gasteiger charge is -2.14. The zero-order chi connectivity index (χ0) is 10.7. The Hall–Kier alpha value is -0.670. The molecule has 15 heavy (non-hydrogen) atoms. The maximum Gasteiger partial charge on any atom is 0.167 e. The first kappa shape index (κ1) is 10.8. The molecular formula is C12H16O2S. The Morgan fingerprint density at radius 2 is 2.47 bits per heavy atom. The third kappa shape index (κ3) is 2.89. The highest BCUT2D eigenvalue weighted by atomic mass is 32.1. The van der Waals surface area contributed by atoms with Crippen LogP contribution in [0.25, 0.3) is 0 Å². The Bertz CT molecular complexity index is 314. The van der Waals surface area contributed by atoms with Crippen molar-refractivity contribution in [3.05, 3.63) is 22.4 Å². The monoisotopic (exact) mass is 224 g/mol. The zero-order valence-corrected chi connectivity index (χ0v) is 9.76. The van der Waals surface area contributed by atoms with E-state index in [4.69, 9.17) is 4.74 Å². The van der Waals surface area contributed by atoms with E-state index in [9.17, 15) is 4.79 Å². The molecule has 1 saturated carbocycles. The molecule has 1 aromatic heterocycles. The first-order valence-corrected chi connectivity index (χ1v) is 6.36. The second-order valence-corrected chi connectivity index (χ2v) is 4.97. The number of ether oxygens (including phenoxy) is 1. The molecule has 0 N–H and O–H groups in total. The minimum absolute atomic E-state index is 0.142. The van der Waals surface area contributed by atoms with Crippen molar-refractivity contribution in [2.45, 2.75) is 32.3 Å². The topological polar surface area (TPSA) is 26.3 Å². The van der Waals surface area contributed by atoms with Crippen LogP contribution in [0.1, 0.15) is 24.6 Å². The molecule has 2 rings (SSSR count). The van der Waals surface area contributed by atoms with Crippen molar-refractivity contribution in [2.24, 2.45) is 5.92 Å². The molecule has 2 nitrogen and oxygen atoms in total. The maximum atomic E-state index is 12.0. The zero-order valence-electron chi connectivity index (χ0n) is 8.94. The summed E-state index contributed by atoms with van der Waals surface area (Å²) in [5, 5.41) is 2.01. The van der Waals surface area contributed by atoms with Crippen molar-refractivity contribution in [1.29, 1.82) is 0 Å². The normalized spacial score (nSPS) is 17.7. The lowest BCUT2D eigenvalue weighted by atomic mass is 10.1. The first-order chi connectivity index (χ1) is 7.31. The van der Waals surface area contributed by atoms with Crippen molar-refractivity contribution in [3.8, 4) is 0 Å². The number of thiophene rings is 1. The van der Waals surface area contributed by atoms with Crippen molar-refractivity contribution < 1.29 is 9.53 Å². The van der Waals surface area contributed by atoms with Gasteiger partial charge >= 0.3 is 0 Å². The van der Waals surface area contributed by atoms with Gasteiger partial charge in [0.1, 0.15) is 6.10 Å². The van der Waals surface area contributed by atoms with Gasteiger partial charge in [0.15, 0.2) is 5.78 Å². The van der Waals surface area contributed by atoms with E-state index in [0.29, 0.717) is 18.9 Å². The van der Waals surface area contributed by atoms with Gasteiger partial charge in [-0.1, -0.05) is 6.07 Å². The van der Waals surface area contributed by atoms with Gasteiger partial charge in [-0.05, 0) is 37.1 Å². The Labute approximate surface area is 94.3 Å². The largest absolute Gasteiger partial charge is 0.370 e. The van der Waals surface area contributed by atoms with E-state index < -0.39 is 0 Å². The van der Waals surface area contributed by atoms with Gasteiger partial charge in [0.2, 0.25) is 0 Å². The molecule has 1 heterocycles. The lowest BCUT2D eigenvalue weighted by molar-refractivity contribution is -0.130. The third-order valence-electron chi connectivity index (χ3n) is 2.64. The Kier molecular flexibility index (Phi) is 3.54. The Morgan fingerprint density at radius 3 is 3.00 bits per heavy atom. The molecule has 0 spiro atoms. The molecule has 0 aliphatic heterocycles. The molecule has 1 aliphatic carbocycles. The quantitative estimate of drug-likeness (QED) is 0.742. The molecule has 0 amide bonds. The second-order valence-electron chi connectivity index (χ2n) is 3.94. The van der Waals surface area contributed by atoms with E-state index in [1.807, 2.05) is 24.4 Å².